The molecule has 0 radical (unpaired) electrons. The van der Waals surface area contributed by atoms with E-state index in [1.807, 2.05) is 43.5 Å². The van der Waals surface area contributed by atoms with E-state index >= 15 is 0 Å². The maximum atomic E-state index is 14.3. The van der Waals surface area contributed by atoms with Crippen LogP contribution in [0.4, 0.5) is 5.82 Å². The van der Waals surface area contributed by atoms with Crippen LogP contribution in [0.15, 0.2) is 46.0 Å². The van der Waals surface area contributed by atoms with Gasteiger partial charge in [0, 0.05) is 47.7 Å². The Morgan fingerprint density at radius 1 is 1.06 bits per heavy atom. The van der Waals surface area contributed by atoms with Crippen LogP contribution in [0, 0.1) is 11.8 Å². The second kappa shape index (κ2) is 13.4. The van der Waals surface area contributed by atoms with Crippen molar-refractivity contribution < 1.29 is 17.6 Å². The van der Waals surface area contributed by atoms with Crippen LogP contribution in [0.2, 0.25) is 0 Å². The number of aromatic nitrogens is 5. The smallest absolute Gasteiger partial charge is 0.250 e. The first-order valence-electron chi connectivity index (χ1n) is 17.6. The second-order valence-electron chi connectivity index (χ2n) is 14.5. The van der Waals surface area contributed by atoms with E-state index in [2.05, 4.69) is 46.5 Å². The second-order valence-corrected chi connectivity index (χ2v) is 17.5. The maximum Gasteiger partial charge on any atom is 0.250 e. The zero-order valence-corrected chi connectivity index (χ0v) is 30.6. The van der Waals surface area contributed by atoms with Gasteiger partial charge in [-0.25, -0.2) is 13.4 Å². The molecule has 2 atom stereocenters. The zero-order valence-electron chi connectivity index (χ0n) is 29.0. The van der Waals surface area contributed by atoms with Crippen LogP contribution in [0.1, 0.15) is 80.0 Å². The fraction of sp³-hybridized carbons (Fsp3) is 0.486. The van der Waals surface area contributed by atoms with Crippen LogP contribution in [0.3, 0.4) is 0 Å². The molecule has 1 saturated heterocycles. The molecule has 0 amide bonds. The van der Waals surface area contributed by atoms with E-state index in [1.165, 1.54) is 5.56 Å². The fourth-order valence-electron chi connectivity index (χ4n) is 7.74. The van der Waals surface area contributed by atoms with Gasteiger partial charge in [-0.05, 0) is 93.6 Å². The van der Waals surface area contributed by atoms with E-state index in [-0.39, 0.29) is 23.6 Å². The minimum Gasteiger partial charge on any atom is -0.419 e. The number of hydrogen-bond acceptors (Lipinski definition) is 12. The van der Waals surface area contributed by atoms with E-state index in [9.17, 15) is 8.42 Å². The molecule has 8 rings (SSSR count). The number of nitrogens with zero attached hydrogens (tertiary/aromatic N) is 6. The molecule has 0 aromatic carbocycles. The predicted octanol–water partition coefficient (Wildman–Crippen LogP) is 6.85. The van der Waals surface area contributed by atoms with Gasteiger partial charge in [0.25, 0.3) is 0 Å². The van der Waals surface area contributed by atoms with Gasteiger partial charge in [0.05, 0.1) is 44.9 Å². The summed E-state index contributed by atoms with van der Waals surface area (Å²) in [7, 11) is 0.211. The van der Waals surface area contributed by atoms with E-state index in [0.29, 0.717) is 52.4 Å². The summed E-state index contributed by atoms with van der Waals surface area (Å²) in [5.41, 5.74) is 5.05. The maximum absolute atomic E-state index is 14.3. The molecule has 1 fully saturated rings. The van der Waals surface area contributed by atoms with Gasteiger partial charge in [-0.2, -0.15) is 0 Å². The average Bonchev–Trinajstić information content (AvgIpc) is 3.89. The Morgan fingerprint density at radius 3 is 2.70 bits per heavy atom. The number of pyridine rings is 3. The molecule has 1 unspecified atom stereocenters. The summed E-state index contributed by atoms with van der Waals surface area (Å²) in [6, 6.07) is 8.29. The van der Waals surface area contributed by atoms with Crippen LogP contribution in [-0.4, -0.2) is 71.5 Å². The predicted molar refractivity (Wildman–Crippen MR) is 194 cm³/mol. The van der Waals surface area contributed by atoms with Crippen molar-refractivity contribution in [1.29, 1.82) is 0 Å². The van der Waals surface area contributed by atoms with Gasteiger partial charge in [-0.3, -0.25) is 9.97 Å². The minimum atomic E-state index is -3.68. The van der Waals surface area contributed by atoms with Crippen molar-refractivity contribution in [2.45, 2.75) is 75.8 Å². The largest absolute Gasteiger partial charge is 0.419 e. The lowest BCUT2D eigenvalue weighted by Gasteiger charge is -2.23. The summed E-state index contributed by atoms with van der Waals surface area (Å²) in [5.74, 6) is 1.98. The summed E-state index contributed by atoms with van der Waals surface area (Å²) in [6.07, 6.45) is 9.11. The van der Waals surface area contributed by atoms with Crippen molar-refractivity contribution in [2.24, 2.45) is 11.8 Å². The van der Waals surface area contributed by atoms with Crippen molar-refractivity contribution in [3.8, 4) is 21.9 Å². The van der Waals surface area contributed by atoms with E-state index < -0.39 is 9.84 Å². The Kier molecular flexibility index (Phi) is 8.95. The van der Waals surface area contributed by atoms with Crippen molar-refractivity contribution in [3.05, 3.63) is 65.2 Å². The van der Waals surface area contributed by atoms with Crippen molar-refractivity contribution >= 4 is 37.1 Å². The van der Waals surface area contributed by atoms with Gasteiger partial charge >= 0.3 is 0 Å². The van der Waals surface area contributed by atoms with Crippen molar-refractivity contribution in [2.75, 3.05) is 38.4 Å². The highest BCUT2D eigenvalue weighted by Gasteiger charge is 2.43. The highest BCUT2D eigenvalue weighted by molar-refractivity contribution is 7.92. The van der Waals surface area contributed by atoms with E-state index in [4.69, 9.17) is 19.1 Å². The number of rotatable bonds is 10. The molecular weight excluding hydrogens is 671 g/mol. The first-order chi connectivity index (χ1) is 24.2. The SMILES string of the molecule is CC(C)C1CS(=O)(=O)c2c1nc(CCC1CCOCC1)c(-c1nnc(CN(C)C)o1)c2-c1cc2ccnc(N[C@H]3CCc4ncccc43)c2s1. The molecule has 3 aliphatic rings. The number of nitrogens with one attached hydrogen (secondary N) is 1. The quantitative estimate of drug-likeness (QED) is 0.163. The number of aryl methyl sites for hydroxylation is 2. The Morgan fingerprint density at radius 2 is 1.90 bits per heavy atom. The lowest BCUT2D eigenvalue weighted by molar-refractivity contribution is 0.0639. The molecular formula is C37H43N7O4S2. The molecule has 1 N–H and O–H groups in total. The van der Waals surface area contributed by atoms with E-state index in [0.717, 1.165) is 77.5 Å². The van der Waals surface area contributed by atoms with Crippen LogP contribution in [0.25, 0.3) is 32.0 Å². The molecule has 262 valence electrons. The first kappa shape index (κ1) is 33.4. The molecule has 0 saturated carbocycles. The zero-order chi connectivity index (χ0) is 34.6. The third-order valence-corrected chi connectivity index (χ3v) is 13.4. The number of ether oxygens (including phenoxy) is 1. The summed E-state index contributed by atoms with van der Waals surface area (Å²) >= 11 is 1.55. The Bertz CT molecular complexity index is 2150. The monoisotopic (exact) mass is 713 g/mol. The normalized spacial score (nSPS) is 20.2. The Labute approximate surface area is 296 Å². The highest BCUT2D eigenvalue weighted by atomic mass is 32.2. The van der Waals surface area contributed by atoms with E-state index in [1.54, 1.807) is 11.3 Å². The number of anilines is 1. The number of hydrogen-bond donors (Lipinski definition) is 1. The Balaban J connectivity index is 1.32. The summed E-state index contributed by atoms with van der Waals surface area (Å²) in [4.78, 5) is 17.7. The molecule has 0 bridgehead atoms. The molecule has 13 heteroatoms. The topological polar surface area (TPSA) is 136 Å². The number of sulfone groups is 1. The van der Waals surface area contributed by atoms with Crippen LogP contribution >= 0.6 is 11.3 Å². The molecule has 0 spiro atoms. The third kappa shape index (κ3) is 6.22. The first-order valence-corrected chi connectivity index (χ1v) is 20.1. The summed E-state index contributed by atoms with van der Waals surface area (Å²) in [6.45, 7) is 6.16. The average molecular weight is 714 g/mol. The molecule has 1 aliphatic carbocycles. The van der Waals surface area contributed by atoms with Gasteiger partial charge < -0.3 is 19.4 Å². The lowest BCUT2D eigenvalue weighted by Crippen LogP contribution is -2.17. The van der Waals surface area contributed by atoms with Gasteiger partial charge in [-0.15, -0.1) is 21.5 Å². The third-order valence-electron chi connectivity index (χ3n) is 10.3. The molecule has 11 nitrogen and oxygen atoms in total. The van der Waals surface area contributed by atoms with Crippen molar-refractivity contribution in [3.63, 3.8) is 0 Å². The summed E-state index contributed by atoms with van der Waals surface area (Å²) < 4.78 is 41.5. The molecule has 5 aromatic heterocycles. The summed E-state index contributed by atoms with van der Waals surface area (Å²) in [5, 5.41) is 13.6. The standard InChI is InChI=1S/C37H43N7O4S2/c1-21(2)25-20-50(45,46)35-32(29-18-23-11-15-39-36(34(23)49-29)41-27-10-9-26-24(27)6-5-14-38-26)31(37-43-42-30(48-37)19-44(3)4)28(40-33(25)35)8-7-22-12-16-47-17-13-22/h5-6,11,14-15,18,21-22,25,27H,7-10,12-13,16-17,19-20H2,1-4H3,(H,39,41)/t25?,27-/m0/s1. The lowest BCUT2D eigenvalue weighted by atomic mass is 9.89. The van der Waals surface area contributed by atoms with Gasteiger partial charge in [-0.1, -0.05) is 19.9 Å². The van der Waals surface area contributed by atoms with Crippen LogP contribution < -0.4 is 5.32 Å². The van der Waals surface area contributed by atoms with Gasteiger partial charge in [0.1, 0.15) is 5.82 Å². The Hall–Kier alpha value is -3.78. The van der Waals surface area contributed by atoms with Crippen LogP contribution in [0.5, 0.6) is 0 Å². The fourth-order valence-corrected chi connectivity index (χ4v) is 11.2. The minimum absolute atomic E-state index is 0.0347. The van der Waals surface area contributed by atoms with Gasteiger partial charge in [0.2, 0.25) is 11.8 Å². The van der Waals surface area contributed by atoms with Crippen molar-refractivity contribution in [1.82, 2.24) is 30.0 Å². The number of fused-ring (bicyclic) bond motifs is 3. The molecule has 50 heavy (non-hydrogen) atoms. The molecule has 2 aliphatic heterocycles. The molecule has 7 heterocycles. The van der Waals surface area contributed by atoms with Gasteiger partial charge in [0.15, 0.2) is 9.84 Å². The number of thiophene rings is 1. The highest BCUT2D eigenvalue weighted by Crippen LogP contribution is 2.51. The van der Waals surface area contributed by atoms with Crippen LogP contribution in [-0.2, 0) is 34.0 Å². The molecule has 5 aromatic rings.